The van der Waals surface area contributed by atoms with Crippen LogP contribution in [0.2, 0.25) is 0 Å². The van der Waals surface area contributed by atoms with Gasteiger partial charge in [0.15, 0.2) is 0 Å². The highest BCUT2D eigenvalue weighted by atomic mass is 16.5. The zero-order chi connectivity index (χ0) is 19.9. The number of benzene rings is 4. The number of carbonyl (C=O) groups excluding carboxylic acids is 1. The summed E-state index contributed by atoms with van der Waals surface area (Å²) in [5.74, 6) is 0.453. The Morgan fingerprint density at radius 1 is 0.828 bits per heavy atom. The highest BCUT2D eigenvalue weighted by Crippen LogP contribution is 2.22. The monoisotopic (exact) mass is 380 g/mol. The maximum Gasteiger partial charge on any atom is 0.271 e. The summed E-state index contributed by atoms with van der Waals surface area (Å²) in [6.45, 7) is 0.447. The second kappa shape index (κ2) is 8.85. The van der Waals surface area contributed by atoms with Gasteiger partial charge < -0.3 is 4.74 Å². The number of amides is 1. The molecule has 1 amide bonds. The van der Waals surface area contributed by atoms with E-state index in [9.17, 15) is 4.79 Å². The summed E-state index contributed by atoms with van der Waals surface area (Å²) in [6.07, 6.45) is 1.60. The van der Waals surface area contributed by atoms with Crippen LogP contribution in [0.5, 0.6) is 5.75 Å². The summed E-state index contributed by atoms with van der Waals surface area (Å²) in [7, 11) is 0. The minimum absolute atomic E-state index is 0.254. The third kappa shape index (κ3) is 4.50. The first-order chi connectivity index (χ1) is 14.3. The smallest absolute Gasteiger partial charge is 0.271 e. The zero-order valence-corrected chi connectivity index (χ0v) is 15.8. The van der Waals surface area contributed by atoms with Gasteiger partial charge >= 0.3 is 0 Å². The largest absolute Gasteiger partial charge is 0.488 e. The molecule has 4 rings (SSSR count). The summed E-state index contributed by atoms with van der Waals surface area (Å²) in [5, 5.41) is 6.44. The molecule has 0 atom stereocenters. The Morgan fingerprint density at radius 2 is 1.55 bits per heavy atom. The first-order valence-electron chi connectivity index (χ1n) is 9.38. The molecule has 0 bridgehead atoms. The lowest BCUT2D eigenvalue weighted by molar-refractivity contribution is 0.0955. The number of para-hydroxylation sites is 1. The Hall–Kier alpha value is -3.92. The van der Waals surface area contributed by atoms with Crippen LogP contribution in [0.3, 0.4) is 0 Å². The Morgan fingerprint density at radius 3 is 2.45 bits per heavy atom. The van der Waals surface area contributed by atoms with Crippen molar-refractivity contribution in [3.63, 3.8) is 0 Å². The standard InChI is InChI=1S/C25H20N2O2/c28-25(20-10-2-1-3-11-20)27-26-17-21-12-5-7-16-24(21)29-18-22-14-8-13-19-9-4-6-15-23(19)22/h1-17H,18H2,(H,27,28)/b26-17-. The molecule has 142 valence electrons. The number of carbonyl (C=O) groups is 1. The van der Waals surface area contributed by atoms with Crippen LogP contribution < -0.4 is 10.2 Å². The van der Waals surface area contributed by atoms with Gasteiger partial charge in [0.25, 0.3) is 5.91 Å². The average Bonchev–Trinajstić information content (AvgIpc) is 2.79. The van der Waals surface area contributed by atoms with Crippen molar-refractivity contribution in [2.45, 2.75) is 6.61 Å². The van der Waals surface area contributed by atoms with Crippen molar-refractivity contribution >= 4 is 22.9 Å². The molecule has 0 saturated carbocycles. The van der Waals surface area contributed by atoms with E-state index in [1.54, 1.807) is 18.3 Å². The van der Waals surface area contributed by atoms with Crippen molar-refractivity contribution in [2.24, 2.45) is 5.10 Å². The fraction of sp³-hybridized carbons (Fsp3) is 0.0400. The van der Waals surface area contributed by atoms with Crippen molar-refractivity contribution in [3.05, 3.63) is 114 Å². The van der Waals surface area contributed by atoms with Crippen molar-refractivity contribution in [1.82, 2.24) is 5.43 Å². The molecule has 0 aliphatic heterocycles. The molecule has 0 saturated heterocycles. The predicted octanol–water partition coefficient (Wildman–Crippen LogP) is 5.18. The fourth-order valence-corrected chi connectivity index (χ4v) is 3.11. The van der Waals surface area contributed by atoms with Gasteiger partial charge in [-0.2, -0.15) is 5.10 Å². The molecule has 0 radical (unpaired) electrons. The number of hydrogen-bond donors (Lipinski definition) is 1. The molecule has 4 nitrogen and oxygen atoms in total. The van der Waals surface area contributed by atoms with Gasteiger partial charge in [0.1, 0.15) is 12.4 Å². The molecule has 29 heavy (non-hydrogen) atoms. The van der Waals surface area contributed by atoms with Crippen LogP contribution in [0.1, 0.15) is 21.5 Å². The minimum Gasteiger partial charge on any atom is -0.488 e. The third-order valence-electron chi connectivity index (χ3n) is 4.59. The molecule has 0 heterocycles. The summed E-state index contributed by atoms with van der Waals surface area (Å²) >= 11 is 0. The fourth-order valence-electron chi connectivity index (χ4n) is 3.11. The minimum atomic E-state index is -0.254. The van der Waals surface area contributed by atoms with Gasteiger partial charge in [-0.3, -0.25) is 4.79 Å². The quantitative estimate of drug-likeness (QED) is 0.370. The highest BCUT2D eigenvalue weighted by Gasteiger charge is 2.05. The maximum atomic E-state index is 12.1. The van der Waals surface area contributed by atoms with Crippen molar-refractivity contribution < 1.29 is 9.53 Å². The number of ether oxygens (including phenoxy) is 1. The number of rotatable bonds is 6. The number of hydrogen-bond acceptors (Lipinski definition) is 3. The van der Waals surface area contributed by atoms with Gasteiger partial charge in [0, 0.05) is 11.1 Å². The Labute approximate surface area is 169 Å². The molecule has 4 heteroatoms. The molecule has 0 fully saturated rings. The van der Waals surface area contributed by atoms with Crippen LogP contribution in [0.25, 0.3) is 10.8 Å². The van der Waals surface area contributed by atoms with Gasteiger partial charge in [-0.05, 0) is 40.6 Å². The van der Waals surface area contributed by atoms with E-state index in [0.717, 1.165) is 11.1 Å². The Balaban J connectivity index is 1.46. The van der Waals surface area contributed by atoms with E-state index >= 15 is 0 Å². The topological polar surface area (TPSA) is 50.7 Å². The number of hydrazone groups is 1. The number of nitrogens with one attached hydrogen (secondary N) is 1. The molecule has 0 spiro atoms. The summed E-state index contributed by atoms with van der Waals surface area (Å²) < 4.78 is 6.07. The van der Waals surface area contributed by atoms with E-state index in [1.165, 1.54) is 10.8 Å². The summed E-state index contributed by atoms with van der Waals surface area (Å²) in [4.78, 5) is 12.1. The first-order valence-corrected chi connectivity index (χ1v) is 9.38. The van der Waals surface area contributed by atoms with E-state index in [-0.39, 0.29) is 5.91 Å². The lowest BCUT2D eigenvalue weighted by atomic mass is 10.1. The lowest BCUT2D eigenvalue weighted by Crippen LogP contribution is -2.17. The zero-order valence-electron chi connectivity index (χ0n) is 15.8. The molecular formula is C25H20N2O2. The van der Waals surface area contributed by atoms with Crippen LogP contribution in [0.4, 0.5) is 0 Å². The average molecular weight is 380 g/mol. The summed E-state index contributed by atoms with van der Waals surface area (Å²) in [6, 6.07) is 31.0. The van der Waals surface area contributed by atoms with Gasteiger partial charge in [-0.1, -0.05) is 72.8 Å². The molecule has 0 aliphatic carbocycles. The predicted molar refractivity (Wildman–Crippen MR) is 116 cm³/mol. The van der Waals surface area contributed by atoms with Gasteiger partial charge in [0.2, 0.25) is 0 Å². The molecule has 1 N–H and O–H groups in total. The third-order valence-corrected chi connectivity index (χ3v) is 4.59. The van der Waals surface area contributed by atoms with Crippen molar-refractivity contribution in [2.75, 3.05) is 0 Å². The Bertz CT molecular complexity index is 1150. The van der Waals surface area contributed by atoms with Gasteiger partial charge in [-0.25, -0.2) is 5.43 Å². The molecule has 0 unspecified atom stereocenters. The van der Waals surface area contributed by atoms with Gasteiger partial charge in [0.05, 0.1) is 6.21 Å². The van der Waals surface area contributed by atoms with E-state index in [0.29, 0.717) is 17.9 Å². The maximum absolute atomic E-state index is 12.1. The van der Waals surface area contributed by atoms with Crippen LogP contribution in [-0.4, -0.2) is 12.1 Å². The van der Waals surface area contributed by atoms with Crippen molar-refractivity contribution in [3.8, 4) is 5.75 Å². The highest BCUT2D eigenvalue weighted by molar-refractivity contribution is 5.95. The van der Waals surface area contributed by atoms with Crippen molar-refractivity contribution in [1.29, 1.82) is 0 Å². The number of nitrogens with zero attached hydrogens (tertiary/aromatic N) is 1. The van der Waals surface area contributed by atoms with Crippen LogP contribution in [-0.2, 0) is 6.61 Å². The lowest BCUT2D eigenvalue weighted by Gasteiger charge is -2.11. The Kier molecular flexibility index (Phi) is 5.63. The van der Waals surface area contributed by atoms with E-state index in [2.05, 4.69) is 34.8 Å². The normalized spacial score (nSPS) is 10.9. The first kappa shape index (κ1) is 18.4. The van der Waals surface area contributed by atoms with Crippen LogP contribution in [0.15, 0.2) is 102 Å². The SMILES string of the molecule is O=C(N/N=C\c1ccccc1OCc1cccc2ccccc12)c1ccccc1. The van der Waals surface area contributed by atoms with E-state index < -0.39 is 0 Å². The molecule has 4 aromatic carbocycles. The second-order valence-electron chi connectivity index (χ2n) is 6.53. The summed E-state index contributed by atoms with van der Waals surface area (Å²) in [5.41, 5.74) is 5.02. The molecule has 0 aliphatic rings. The van der Waals surface area contributed by atoms with Crippen LogP contribution >= 0.6 is 0 Å². The van der Waals surface area contributed by atoms with E-state index in [4.69, 9.17) is 4.74 Å². The molecule has 4 aromatic rings. The molecular weight excluding hydrogens is 360 g/mol. The van der Waals surface area contributed by atoms with Gasteiger partial charge in [-0.15, -0.1) is 0 Å². The second-order valence-corrected chi connectivity index (χ2v) is 6.53. The number of fused-ring (bicyclic) bond motifs is 1. The molecule has 0 aromatic heterocycles. The van der Waals surface area contributed by atoms with Crippen LogP contribution in [0, 0.1) is 0 Å². The van der Waals surface area contributed by atoms with E-state index in [1.807, 2.05) is 60.7 Å².